The van der Waals surface area contributed by atoms with Crippen LogP contribution in [0.1, 0.15) is 37.8 Å². The van der Waals surface area contributed by atoms with Crippen LogP contribution in [0.4, 0.5) is 5.69 Å². The van der Waals surface area contributed by atoms with Gasteiger partial charge in [-0.2, -0.15) is 0 Å². The highest BCUT2D eigenvalue weighted by atomic mass is 35.5. The average molecular weight is 316 g/mol. The zero-order valence-corrected chi connectivity index (χ0v) is 14.0. The summed E-state index contributed by atoms with van der Waals surface area (Å²) in [4.78, 5) is 12.3. The zero-order valence-electron chi connectivity index (χ0n) is 13.3. The SMILES string of the molecule is CC(C)Cc1ccc([C@H](C)C(=O)Nc2ccc(Cl)cc2)cc1. The molecular formula is C19H22ClNO. The first kappa shape index (κ1) is 16.6. The lowest BCUT2D eigenvalue weighted by molar-refractivity contribution is -0.117. The molecule has 116 valence electrons. The molecule has 0 unspecified atom stereocenters. The Morgan fingerprint density at radius 3 is 2.14 bits per heavy atom. The van der Waals surface area contributed by atoms with Gasteiger partial charge in [0, 0.05) is 10.7 Å². The molecule has 0 fully saturated rings. The van der Waals surface area contributed by atoms with Crippen molar-refractivity contribution in [1.82, 2.24) is 0 Å². The van der Waals surface area contributed by atoms with Crippen molar-refractivity contribution in [3.8, 4) is 0 Å². The number of carbonyl (C=O) groups is 1. The number of benzene rings is 2. The van der Waals surface area contributed by atoms with Crippen molar-refractivity contribution in [2.24, 2.45) is 5.92 Å². The molecule has 1 amide bonds. The van der Waals surface area contributed by atoms with E-state index in [9.17, 15) is 4.79 Å². The van der Waals surface area contributed by atoms with E-state index in [-0.39, 0.29) is 11.8 Å². The molecule has 0 saturated heterocycles. The fourth-order valence-electron chi connectivity index (χ4n) is 2.35. The molecule has 0 aliphatic heterocycles. The van der Waals surface area contributed by atoms with Gasteiger partial charge in [0.05, 0.1) is 5.92 Å². The van der Waals surface area contributed by atoms with E-state index in [0.717, 1.165) is 17.7 Å². The molecule has 0 radical (unpaired) electrons. The van der Waals surface area contributed by atoms with Crippen LogP contribution in [0.15, 0.2) is 48.5 Å². The van der Waals surface area contributed by atoms with Gasteiger partial charge in [-0.1, -0.05) is 49.7 Å². The van der Waals surface area contributed by atoms with Crippen LogP contribution in [0, 0.1) is 5.92 Å². The van der Waals surface area contributed by atoms with Crippen LogP contribution in [0.25, 0.3) is 0 Å². The second-order valence-electron chi connectivity index (χ2n) is 6.06. The predicted molar refractivity (Wildman–Crippen MR) is 93.5 cm³/mol. The van der Waals surface area contributed by atoms with Gasteiger partial charge < -0.3 is 5.32 Å². The van der Waals surface area contributed by atoms with Gasteiger partial charge in [0.25, 0.3) is 0 Å². The third-order valence-electron chi connectivity index (χ3n) is 3.63. The van der Waals surface area contributed by atoms with Gasteiger partial charge in [-0.3, -0.25) is 4.79 Å². The highest BCUT2D eigenvalue weighted by molar-refractivity contribution is 6.30. The maximum Gasteiger partial charge on any atom is 0.231 e. The normalized spacial score (nSPS) is 12.2. The van der Waals surface area contributed by atoms with E-state index < -0.39 is 0 Å². The van der Waals surface area contributed by atoms with Crippen LogP contribution in [0.2, 0.25) is 5.02 Å². The number of rotatable bonds is 5. The van der Waals surface area contributed by atoms with Gasteiger partial charge in [0.2, 0.25) is 5.91 Å². The van der Waals surface area contributed by atoms with Crippen molar-refractivity contribution >= 4 is 23.2 Å². The van der Waals surface area contributed by atoms with E-state index in [0.29, 0.717) is 10.9 Å². The Morgan fingerprint density at radius 1 is 1.00 bits per heavy atom. The third kappa shape index (κ3) is 4.60. The molecular weight excluding hydrogens is 294 g/mol. The maximum atomic E-state index is 12.3. The van der Waals surface area contributed by atoms with E-state index >= 15 is 0 Å². The lowest BCUT2D eigenvalue weighted by atomic mass is 9.96. The van der Waals surface area contributed by atoms with E-state index in [2.05, 4.69) is 31.3 Å². The summed E-state index contributed by atoms with van der Waals surface area (Å²) in [5.74, 6) is 0.430. The molecule has 0 heterocycles. The Morgan fingerprint density at radius 2 is 1.59 bits per heavy atom. The smallest absolute Gasteiger partial charge is 0.231 e. The molecule has 0 aliphatic rings. The fourth-order valence-corrected chi connectivity index (χ4v) is 2.47. The van der Waals surface area contributed by atoms with Crippen molar-refractivity contribution in [1.29, 1.82) is 0 Å². The van der Waals surface area contributed by atoms with Crippen molar-refractivity contribution in [2.45, 2.75) is 33.1 Å². The predicted octanol–water partition coefficient (Wildman–Crippen LogP) is 5.28. The Balaban J connectivity index is 2.02. The first-order chi connectivity index (χ1) is 10.5. The molecule has 22 heavy (non-hydrogen) atoms. The van der Waals surface area contributed by atoms with Gasteiger partial charge in [0.1, 0.15) is 0 Å². The Bertz CT molecular complexity index is 617. The largest absolute Gasteiger partial charge is 0.326 e. The van der Waals surface area contributed by atoms with Gasteiger partial charge in [-0.05, 0) is 54.7 Å². The molecule has 0 saturated carbocycles. The zero-order chi connectivity index (χ0) is 16.1. The second-order valence-corrected chi connectivity index (χ2v) is 6.49. The van der Waals surface area contributed by atoms with Crippen LogP contribution >= 0.6 is 11.6 Å². The minimum atomic E-state index is -0.191. The van der Waals surface area contributed by atoms with E-state index in [1.807, 2.05) is 19.1 Å². The molecule has 2 aromatic rings. The number of hydrogen-bond acceptors (Lipinski definition) is 1. The van der Waals surface area contributed by atoms with Crippen molar-refractivity contribution in [3.05, 3.63) is 64.7 Å². The summed E-state index contributed by atoms with van der Waals surface area (Å²) in [6, 6.07) is 15.5. The quantitative estimate of drug-likeness (QED) is 0.799. The van der Waals surface area contributed by atoms with Crippen LogP contribution < -0.4 is 5.32 Å². The van der Waals surface area contributed by atoms with E-state index in [1.54, 1.807) is 24.3 Å². The minimum absolute atomic E-state index is 0.0149. The maximum absolute atomic E-state index is 12.3. The monoisotopic (exact) mass is 315 g/mol. The number of hydrogen-bond donors (Lipinski definition) is 1. The van der Waals surface area contributed by atoms with E-state index in [4.69, 9.17) is 11.6 Å². The molecule has 0 spiro atoms. The summed E-state index contributed by atoms with van der Waals surface area (Å²) in [7, 11) is 0. The molecule has 2 rings (SSSR count). The van der Waals surface area contributed by atoms with Gasteiger partial charge in [-0.25, -0.2) is 0 Å². The molecule has 2 aromatic carbocycles. The molecule has 0 bridgehead atoms. The van der Waals surface area contributed by atoms with Crippen molar-refractivity contribution in [3.63, 3.8) is 0 Å². The van der Waals surface area contributed by atoms with Crippen LogP contribution in [0.5, 0.6) is 0 Å². The number of carbonyl (C=O) groups excluding carboxylic acids is 1. The summed E-state index contributed by atoms with van der Waals surface area (Å²) < 4.78 is 0. The fraction of sp³-hybridized carbons (Fsp3) is 0.316. The summed E-state index contributed by atoms with van der Waals surface area (Å²) in [5.41, 5.74) is 3.10. The third-order valence-corrected chi connectivity index (χ3v) is 3.88. The lowest BCUT2D eigenvalue weighted by Crippen LogP contribution is -2.18. The first-order valence-corrected chi connectivity index (χ1v) is 7.99. The Labute approximate surface area is 137 Å². The number of nitrogens with one attached hydrogen (secondary N) is 1. The van der Waals surface area contributed by atoms with E-state index in [1.165, 1.54) is 5.56 Å². The minimum Gasteiger partial charge on any atom is -0.326 e. The molecule has 3 heteroatoms. The molecule has 0 aromatic heterocycles. The summed E-state index contributed by atoms with van der Waals surface area (Å²) in [6.07, 6.45) is 1.06. The van der Waals surface area contributed by atoms with Gasteiger partial charge in [-0.15, -0.1) is 0 Å². The van der Waals surface area contributed by atoms with Crippen LogP contribution in [-0.4, -0.2) is 5.91 Å². The lowest BCUT2D eigenvalue weighted by Gasteiger charge is -2.14. The van der Waals surface area contributed by atoms with Crippen LogP contribution in [-0.2, 0) is 11.2 Å². The topological polar surface area (TPSA) is 29.1 Å². The number of halogens is 1. The summed E-state index contributed by atoms with van der Waals surface area (Å²) >= 11 is 5.84. The van der Waals surface area contributed by atoms with Gasteiger partial charge in [0.15, 0.2) is 0 Å². The highest BCUT2D eigenvalue weighted by Gasteiger charge is 2.15. The Hall–Kier alpha value is -1.80. The number of amides is 1. The van der Waals surface area contributed by atoms with Crippen molar-refractivity contribution < 1.29 is 4.79 Å². The average Bonchev–Trinajstić information content (AvgIpc) is 2.49. The molecule has 2 nitrogen and oxygen atoms in total. The molecule has 1 N–H and O–H groups in total. The summed E-state index contributed by atoms with van der Waals surface area (Å²) in [5, 5.41) is 3.58. The standard InChI is InChI=1S/C19H22ClNO/c1-13(2)12-15-4-6-16(7-5-15)14(3)19(22)21-18-10-8-17(20)9-11-18/h4-11,13-14H,12H2,1-3H3,(H,21,22)/t14-/m0/s1. The van der Waals surface area contributed by atoms with Crippen LogP contribution in [0.3, 0.4) is 0 Å². The number of anilines is 1. The Kier molecular flexibility index (Phi) is 5.62. The van der Waals surface area contributed by atoms with Gasteiger partial charge >= 0.3 is 0 Å². The second kappa shape index (κ2) is 7.46. The summed E-state index contributed by atoms with van der Waals surface area (Å²) in [6.45, 7) is 6.33. The first-order valence-electron chi connectivity index (χ1n) is 7.61. The molecule has 0 aliphatic carbocycles. The highest BCUT2D eigenvalue weighted by Crippen LogP contribution is 2.20. The van der Waals surface area contributed by atoms with Crippen molar-refractivity contribution in [2.75, 3.05) is 5.32 Å². The molecule has 1 atom stereocenters.